The molecular weight excluding hydrogens is 396 g/mol. The van der Waals surface area contributed by atoms with Crippen molar-refractivity contribution in [1.82, 2.24) is 0 Å². The van der Waals surface area contributed by atoms with Gasteiger partial charge in [0.15, 0.2) is 6.61 Å². The van der Waals surface area contributed by atoms with Crippen molar-refractivity contribution in [2.75, 3.05) is 30.0 Å². The lowest BCUT2D eigenvalue weighted by Crippen LogP contribution is -2.28. The highest BCUT2D eigenvalue weighted by Crippen LogP contribution is 2.27. The topological polar surface area (TPSA) is 84.9 Å². The molecule has 2 aromatic rings. The number of carbonyl (C=O) groups is 3. The SMILES string of the molecule is CCOc1ccc(N2C[C@@H](C(=O)OCC(=O)Nc3ccc(Cl)cc3)CC2=O)cc1. The van der Waals surface area contributed by atoms with E-state index in [1.165, 1.54) is 4.90 Å². The van der Waals surface area contributed by atoms with Crippen LogP contribution in [0.15, 0.2) is 48.5 Å². The van der Waals surface area contributed by atoms with Gasteiger partial charge in [0.1, 0.15) is 5.75 Å². The number of esters is 1. The number of carbonyl (C=O) groups excluding carboxylic acids is 3. The summed E-state index contributed by atoms with van der Waals surface area (Å²) in [6.07, 6.45) is 0.0465. The largest absolute Gasteiger partial charge is 0.494 e. The molecule has 3 rings (SSSR count). The molecule has 1 saturated heterocycles. The van der Waals surface area contributed by atoms with Crippen molar-refractivity contribution in [3.8, 4) is 5.75 Å². The first-order valence-corrected chi connectivity index (χ1v) is 9.59. The molecule has 1 N–H and O–H groups in total. The predicted molar refractivity (Wildman–Crippen MR) is 109 cm³/mol. The van der Waals surface area contributed by atoms with Gasteiger partial charge in [-0.1, -0.05) is 11.6 Å². The Labute approximate surface area is 173 Å². The molecule has 8 heteroatoms. The van der Waals surface area contributed by atoms with E-state index in [1.54, 1.807) is 48.5 Å². The zero-order valence-electron chi connectivity index (χ0n) is 15.9. The maximum Gasteiger partial charge on any atom is 0.311 e. The molecule has 1 aliphatic heterocycles. The van der Waals surface area contributed by atoms with Gasteiger partial charge in [0.2, 0.25) is 5.91 Å². The third-order valence-electron chi connectivity index (χ3n) is 4.39. The van der Waals surface area contributed by atoms with E-state index >= 15 is 0 Å². The van der Waals surface area contributed by atoms with Crippen LogP contribution in [0.4, 0.5) is 11.4 Å². The molecule has 0 spiro atoms. The van der Waals surface area contributed by atoms with Gasteiger partial charge in [0.05, 0.1) is 12.5 Å². The molecule has 1 atom stereocenters. The Bertz CT molecular complexity index is 883. The van der Waals surface area contributed by atoms with Crippen LogP contribution in [0.1, 0.15) is 13.3 Å². The summed E-state index contributed by atoms with van der Waals surface area (Å²) in [5.74, 6) is -1.10. The molecule has 0 aromatic heterocycles. The normalized spacial score (nSPS) is 15.9. The van der Waals surface area contributed by atoms with Crippen molar-refractivity contribution in [1.29, 1.82) is 0 Å². The molecule has 0 radical (unpaired) electrons. The minimum atomic E-state index is -0.614. The monoisotopic (exact) mass is 416 g/mol. The van der Waals surface area contributed by atoms with E-state index in [4.69, 9.17) is 21.1 Å². The molecule has 0 saturated carbocycles. The van der Waals surface area contributed by atoms with Crippen molar-refractivity contribution in [3.05, 3.63) is 53.6 Å². The first kappa shape index (κ1) is 20.7. The molecule has 0 aliphatic carbocycles. The van der Waals surface area contributed by atoms with Crippen LogP contribution in [0, 0.1) is 5.92 Å². The lowest BCUT2D eigenvalue weighted by atomic mass is 10.1. The van der Waals surface area contributed by atoms with Crippen molar-refractivity contribution >= 4 is 40.8 Å². The van der Waals surface area contributed by atoms with Crippen LogP contribution in [0.25, 0.3) is 0 Å². The number of anilines is 2. The van der Waals surface area contributed by atoms with Gasteiger partial charge < -0.3 is 19.7 Å². The third-order valence-corrected chi connectivity index (χ3v) is 4.64. The molecule has 0 bridgehead atoms. The molecule has 7 nitrogen and oxygen atoms in total. The third kappa shape index (κ3) is 5.48. The molecule has 1 aliphatic rings. The summed E-state index contributed by atoms with van der Waals surface area (Å²) in [5.41, 5.74) is 1.24. The number of halogens is 1. The van der Waals surface area contributed by atoms with Crippen molar-refractivity contribution in [2.24, 2.45) is 5.92 Å². The highest BCUT2D eigenvalue weighted by molar-refractivity contribution is 6.30. The number of hydrogen-bond donors (Lipinski definition) is 1. The summed E-state index contributed by atoms with van der Waals surface area (Å²) in [7, 11) is 0. The lowest BCUT2D eigenvalue weighted by Gasteiger charge is -2.17. The number of ether oxygens (including phenoxy) is 2. The first-order valence-electron chi connectivity index (χ1n) is 9.21. The highest BCUT2D eigenvalue weighted by Gasteiger charge is 2.36. The zero-order valence-corrected chi connectivity index (χ0v) is 16.6. The van der Waals surface area contributed by atoms with E-state index < -0.39 is 24.4 Å². The Hall–Kier alpha value is -3.06. The maximum absolute atomic E-state index is 12.3. The number of amides is 2. The minimum Gasteiger partial charge on any atom is -0.494 e. The van der Waals surface area contributed by atoms with Gasteiger partial charge in [0, 0.05) is 29.4 Å². The molecule has 0 unspecified atom stereocenters. The smallest absolute Gasteiger partial charge is 0.311 e. The van der Waals surface area contributed by atoms with E-state index in [9.17, 15) is 14.4 Å². The fraction of sp³-hybridized carbons (Fsp3) is 0.286. The Morgan fingerprint density at radius 3 is 2.48 bits per heavy atom. The fourth-order valence-corrected chi connectivity index (χ4v) is 3.11. The standard InChI is InChI=1S/C21H21ClN2O5/c1-2-28-18-9-7-17(8-10-18)24-12-14(11-20(24)26)21(27)29-13-19(25)23-16-5-3-15(22)4-6-16/h3-10,14H,2,11-13H2,1H3,(H,23,25)/t14-/m0/s1. The van der Waals surface area contributed by atoms with Gasteiger partial charge in [0.25, 0.3) is 5.91 Å². The van der Waals surface area contributed by atoms with E-state index in [0.717, 1.165) is 0 Å². The summed E-state index contributed by atoms with van der Waals surface area (Å²) < 4.78 is 10.5. The van der Waals surface area contributed by atoms with Gasteiger partial charge in [-0.05, 0) is 55.5 Å². The number of hydrogen-bond acceptors (Lipinski definition) is 5. The quantitative estimate of drug-likeness (QED) is 0.700. The van der Waals surface area contributed by atoms with E-state index in [0.29, 0.717) is 28.8 Å². The maximum atomic E-state index is 12.3. The van der Waals surface area contributed by atoms with Crippen LogP contribution in [0.2, 0.25) is 5.02 Å². The second-order valence-electron chi connectivity index (χ2n) is 6.50. The van der Waals surface area contributed by atoms with Crippen LogP contribution < -0.4 is 15.0 Å². The van der Waals surface area contributed by atoms with Gasteiger partial charge in [-0.3, -0.25) is 14.4 Å². The average molecular weight is 417 g/mol. The van der Waals surface area contributed by atoms with Gasteiger partial charge in [-0.15, -0.1) is 0 Å². The summed E-state index contributed by atoms with van der Waals surface area (Å²) in [6, 6.07) is 13.7. The van der Waals surface area contributed by atoms with E-state index in [1.807, 2.05) is 6.92 Å². The van der Waals surface area contributed by atoms with Crippen molar-refractivity contribution in [3.63, 3.8) is 0 Å². The summed E-state index contributed by atoms with van der Waals surface area (Å²) in [6.45, 7) is 2.24. The van der Waals surface area contributed by atoms with Gasteiger partial charge in [-0.25, -0.2) is 0 Å². The zero-order chi connectivity index (χ0) is 20.8. The van der Waals surface area contributed by atoms with Gasteiger partial charge >= 0.3 is 5.97 Å². The van der Waals surface area contributed by atoms with Crippen LogP contribution >= 0.6 is 11.6 Å². The molecule has 1 fully saturated rings. The number of rotatable bonds is 7. The van der Waals surface area contributed by atoms with E-state index in [-0.39, 0.29) is 18.9 Å². The van der Waals surface area contributed by atoms with Crippen LogP contribution in [0.3, 0.4) is 0 Å². The van der Waals surface area contributed by atoms with E-state index in [2.05, 4.69) is 5.32 Å². The molecule has 2 aromatic carbocycles. The Kier molecular flexibility index (Phi) is 6.72. The second kappa shape index (κ2) is 9.43. The predicted octanol–water partition coefficient (Wildman–Crippen LogP) is 3.27. The summed E-state index contributed by atoms with van der Waals surface area (Å²) >= 11 is 5.79. The average Bonchev–Trinajstić information content (AvgIpc) is 3.10. The van der Waals surface area contributed by atoms with Crippen LogP contribution in [-0.2, 0) is 19.1 Å². The van der Waals surface area contributed by atoms with Gasteiger partial charge in [-0.2, -0.15) is 0 Å². The molecule has 2 amide bonds. The summed E-state index contributed by atoms with van der Waals surface area (Å²) in [5, 5.41) is 3.16. The lowest BCUT2D eigenvalue weighted by molar-refractivity contribution is -0.151. The molecule has 29 heavy (non-hydrogen) atoms. The molecular formula is C21H21ClN2O5. The summed E-state index contributed by atoms with van der Waals surface area (Å²) in [4.78, 5) is 38.1. The molecule has 152 valence electrons. The highest BCUT2D eigenvalue weighted by atomic mass is 35.5. The number of benzene rings is 2. The van der Waals surface area contributed by atoms with Crippen molar-refractivity contribution < 1.29 is 23.9 Å². The van der Waals surface area contributed by atoms with Crippen LogP contribution in [-0.4, -0.2) is 37.5 Å². The number of nitrogens with one attached hydrogen (secondary N) is 1. The minimum absolute atomic E-state index is 0.0465. The Balaban J connectivity index is 1.50. The molecule has 1 heterocycles. The second-order valence-corrected chi connectivity index (χ2v) is 6.93. The Morgan fingerprint density at radius 2 is 1.83 bits per heavy atom. The number of nitrogens with zero attached hydrogens (tertiary/aromatic N) is 1. The first-order chi connectivity index (χ1) is 14.0. The fourth-order valence-electron chi connectivity index (χ4n) is 2.99. The van der Waals surface area contributed by atoms with Crippen LogP contribution in [0.5, 0.6) is 5.75 Å². The van der Waals surface area contributed by atoms with Crippen molar-refractivity contribution in [2.45, 2.75) is 13.3 Å². The Morgan fingerprint density at radius 1 is 1.14 bits per heavy atom.